The monoisotopic (exact) mass is 285 g/mol. The highest BCUT2D eigenvalue weighted by molar-refractivity contribution is 7.09. The van der Waals surface area contributed by atoms with E-state index >= 15 is 0 Å². The molecule has 110 valence electrons. The van der Waals surface area contributed by atoms with Gasteiger partial charge in [0.25, 0.3) is 0 Å². The Morgan fingerprint density at radius 1 is 1.42 bits per heavy atom. The number of likely N-dealkylation sites (N-methyl/N-ethyl adjacent to an activating group) is 1. The summed E-state index contributed by atoms with van der Waals surface area (Å²) in [5.41, 5.74) is 1.09. The Morgan fingerprint density at radius 2 is 2.16 bits per heavy atom. The molecule has 19 heavy (non-hydrogen) atoms. The van der Waals surface area contributed by atoms with Crippen LogP contribution in [0.1, 0.15) is 37.9 Å². The first-order chi connectivity index (χ1) is 8.95. The normalized spacial score (nSPS) is 12.3. The van der Waals surface area contributed by atoms with Gasteiger partial charge in [-0.1, -0.05) is 6.92 Å². The first kappa shape index (κ1) is 16.6. The van der Waals surface area contributed by atoms with E-state index in [1.807, 2.05) is 0 Å². The molecule has 1 heterocycles. The Morgan fingerprint density at radius 3 is 2.79 bits per heavy atom. The van der Waals surface area contributed by atoms with Gasteiger partial charge in [0.15, 0.2) is 0 Å². The lowest BCUT2D eigenvalue weighted by atomic mass is 10.1. The molecule has 1 N–H and O–H groups in total. The van der Waals surface area contributed by atoms with E-state index in [1.165, 1.54) is 0 Å². The molecule has 0 spiro atoms. The van der Waals surface area contributed by atoms with Crippen molar-refractivity contribution in [2.45, 2.75) is 45.9 Å². The zero-order chi connectivity index (χ0) is 14.3. The molecule has 0 radical (unpaired) electrons. The van der Waals surface area contributed by atoms with Crippen LogP contribution in [0.3, 0.4) is 0 Å². The SMILES string of the molecule is CCCNCc1nc(COCC(C)(C)N(C)C)cs1. The van der Waals surface area contributed by atoms with Crippen molar-refractivity contribution in [3.8, 4) is 0 Å². The smallest absolute Gasteiger partial charge is 0.107 e. The molecule has 0 aliphatic carbocycles. The van der Waals surface area contributed by atoms with Crippen molar-refractivity contribution in [1.82, 2.24) is 15.2 Å². The lowest BCUT2D eigenvalue weighted by Gasteiger charge is -2.31. The average molecular weight is 285 g/mol. The molecule has 1 aromatic heterocycles. The van der Waals surface area contributed by atoms with E-state index in [-0.39, 0.29) is 5.54 Å². The van der Waals surface area contributed by atoms with Gasteiger partial charge in [0, 0.05) is 17.5 Å². The molecule has 0 aliphatic heterocycles. The number of hydrogen-bond acceptors (Lipinski definition) is 5. The maximum atomic E-state index is 5.77. The Labute approximate surface area is 121 Å². The topological polar surface area (TPSA) is 37.4 Å². The number of hydrogen-bond donors (Lipinski definition) is 1. The quantitative estimate of drug-likeness (QED) is 0.707. The number of ether oxygens (including phenoxy) is 1. The first-order valence-electron chi connectivity index (χ1n) is 6.85. The van der Waals surface area contributed by atoms with Gasteiger partial charge in [-0.25, -0.2) is 4.98 Å². The molecule has 0 aromatic carbocycles. The predicted octanol–water partition coefficient (Wildman–Crippen LogP) is 2.50. The maximum absolute atomic E-state index is 5.77. The van der Waals surface area contributed by atoms with Crippen LogP contribution < -0.4 is 5.32 Å². The van der Waals surface area contributed by atoms with E-state index < -0.39 is 0 Å². The van der Waals surface area contributed by atoms with Gasteiger partial charge in [-0.3, -0.25) is 0 Å². The van der Waals surface area contributed by atoms with Crippen LogP contribution in [0.2, 0.25) is 0 Å². The van der Waals surface area contributed by atoms with Gasteiger partial charge in [0.2, 0.25) is 0 Å². The van der Waals surface area contributed by atoms with Crippen LogP contribution in [-0.2, 0) is 17.9 Å². The highest BCUT2D eigenvalue weighted by Crippen LogP contribution is 2.14. The number of aromatic nitrogens is 1. The zero-order valence-electron chi connectivity index (χ0n) is 12.8. The summed E-state index contributed by atoms with van der Waals surface area (Å²) in [6, 6.07) is 0. The van der Waals surface area contributed by atoms with Crippen molar-refractivity contribution in [1.29, 1.82) is 0 Å². The van der Waals surface area contributed by atoms with Crippen molar-refractivity contribution in [2.75, 3.05) is 27.2 Å². The van der Waals surface area contributed by atoms with Crippen LogP contribution in [0.5, 0.6) is 0 Å². The third kappa shape index (κ3) is 5.99. The summed E-state index contributed by atoms with van der Waals surface area (Å²) in [5.74, 6) is 0. The fraction of sp³-hybridized carbons (Fsp3) is 0.786. The molecule has 5 heteroatoms. The van der Waals surface area contributed by atoms with Crippen molar-refractivity contribution in [3.63, 3.8) is 0 Å². The molecule has 1 rings (SSSR count). The van der Waals surface area contributed by atoms with Crippen LogP contribution >= 0.6 is 11.3 Å². The van der Waals surface area contributed by atoms with Gasteiger partial charge in [-0.15, -0.1) is 11.3 Å². The molecular weight excluding hydrogens is 258 g/mol. The van der Waals surface area contributed by atoms with E-state index in [4.69, 9.17) is 4.74 Å². The summed E-state index contributed by atoms with van der Waals surface area (Å²) in [6.07, 6.45) is 1.15. The van der Waals surface area contributed by atoms with E-state index in [0.717, 1.165) is 30.2 Å². The minimum absolute atomic E-state index is 0.0571. The fourth-order valence-corrected chi connectivity index (χ4v) is 2.15. The Hall–Kier alpha value is -0.490. The largest absolute Gasteiger partial charge is 0.373 e. The third-order valence-corrected chi connectivity index (χ3v) is 4.12. The molecular formula is C14H27N3OS. The summed E-state index contributed by atoms with van der Waals surface area (Å²) in [4.78, 5) is 6.74. The number of thiazole rings is 1. The molecule has 0 saturated carbocycles. The summed E-state index contributed by atoms with van der Waals surface area (Å²) >= 11 is 1.70. The number of nitrogens with zero attached hydrogens (tertiary/aromatic N) is 2. The average Bonchev–Trinajstić information content (AvgIpc) is 2.77. The highest BCUT2D eigenvalue weighted by atomic mass is 32.1. The second-order valence-corrected chi connectivity index (χ2v) is 6.55. The minimum Gasteiger partial charge on any atom is -0.373 e. The second kappa shape index (κ2) is 7.94. The summed E-state index contributed by atoms with van der Waals surface area (Å²) in [7, 11) is 4.15. The minimum atomic E-state index is 0.0571. The summed E-state index contributed by atoms with van der Waals surface area (Å²) in [6.45, 7) is 9.73. The van der Waals surface area contributed by atoms with Crippen LogP contribution in [0.4, 0.5) is 0 Å². The lowest BCUT2D eigenvalue weighted by Crippen LogP contribution is -2.42. The number of nitrogens with one attached hydrogen (secondary N) is 1. The van der Waals surface area contributed by atoms with E-state index in [1.54, 1.807) is 11.3 Å². The van der Waals surface area contributed by atoms with Gasteiger partial charge < -0.3 is 15.0 Å². The van der Waals surface area contributed by atoms with Gasteiger partial charge in [0.05, 0.1) is 18.9 Å². The van der Waals surface area contributed by atoms with Crippen LogP contribution in [0, 0.1) is 0 Å². The van der Waals surface area contributed by atoms with E-state index in [0.29, 0.717) is 13.2 Å². The van der Waals surface area contributed by atoms with Crippen molar-refractivity contribution < 1.29 is 4.74 Å². The molecule has 0 amide bonds. The number of rotatable bonds is 9. The van der Waals surface area contributed by atoms with Crippen molar-refractivity contribution in [3.05, 3.63) is 16.1 Å². The fourth-order valence-electron chi connectivity index (χ4n) is 1.40. The van der Waals surface area contributed by atoms with E-state index in [9.17, 15) is 0 Å². The Kier molecular flexibility index (Phi) is 6.93. The van der Waals surface area contributed by atoms with Crippen LogP contribution in [-0.4, -0.2) is 42.7 Å². The standard InChI is InChI=1S/C14H27N3OS/c1-6-7-15-8-13-16-12(10-19-13)9-18-11-14(2,3)17(4)5/h10,15H,6-9,11H2,1-5H3. The van der Waals surface area contributed by atoms with Gasteiger partial charge in [-0.2, -0.15) is 0 Å². The lowest BCUT2D eigenvalue weighted by molar-refractivity contribution is 0.0263. The van der Waals surface area contributed by atoms with E-state index in [2.05, 4.69) is 55.4 Å². The third-order valence-electron chi connectivity index (χ3n) is 3.22. The van der Waals surface area contributed by atoms with Crippen LogP contribution in [0.15, 0.2) is 5.38 Å². The van der Waals surface area contributed by atoms with Crippen molar-refractivity contribution in [2.24, 2.45) is 0 Å². The molecule has 0 saturated heterocycles. The summed E-state index contributed by atoms with van der Waals surface area (Å²) in [5, 5.41) is 6.59. The van der Waals surface area contributed by atoms with Crippen LogP contribution in [0.25, 0.3) is 0 Å². The first-order valence-corrected chi connectivity index (χ1v) is 7.73. The molecule has 0 fully saturated rings. The zero-order valence-corrected chi connectivity index (χ0v) is 13.6. The van der Waals surface area contributed by atoms with Crippen molar-refractivity contribution >= 4 is 11.3 Å². The molecule has 0 unspecified atom stereocenters. The molecule has 0 aliphatic rings. The molecule has 4 nitrogen and oxygen atoms in total. The second-order valence-electron chi connectivity index (χ2n) is 5.61. The Balaban J connectivity index is 2.30. The van der Waals surface area contributed by atoms with Gasteiger partial charge in [-0.05, 0) is 40.9 Å². The molecule has 0 atom stereocenters. The molecule has 0 bridgehead atoms. The Bertz CT molecular complexity index is 363. The summed E-state index contributed by atoms with van der Waals surface area (Å²) < 4.78 is 5.77. The molecule has 1 aromatic rings. The van der Waals surface area contributed by atoms with Gasteiger partial charge >= 0.3 is 0 Å². The maximum Gasteiger partial charge on any atom is 0.107 e. The predicted molar refractivity (Wildman–Crippen MR) is 81.5 cm³/mol. The highest BCUT2D eigenvalue weighted by Gasteiger charge is 2.20. The van der Waals surface area contributed by atoms with Gasteiger partial charge in [0.1, 0.15) is 5.01 Å².